The topological polar surface area (TPSA) is 54.1 Å². The van der Waals surface area contributed by atoms with Crippen LogP contribution in [-0.2, 0) is 6.54 Å². The molecule has 1 amide bonds. The molecule has 0 bridgehead atoms. The van der Waals surface area contributed by atoms with Crippen LogP contribution < -0.4 is 10.1 Å². The first-order valence-corrected chi connectivity index (χ1v) is 6.04. The predicted octanol–water partition coefficient (Wildman–Crippen LogP) is 2.88. The van der Waals surface area contributed by atoms with E-state index in [4.69, 9.17) is 16.3 Å². The van der Waals surface area contributed by atoms with Gasteiger partial charge in [0.1, 0.15) is 11.5 Å². The number of ether oxygens (including phenoxy) is 1. The molecular weight excluding hydrogens is 290 g/mol. The number of halogens is 3. The zero-order valence-corrected chi connectivity index (χ0v) is 11.2. The standard InChI is InChI=1S/C13H11ClF2N2O2/c1-20-12-9(15)6-17-11(12)13(19)18-5-7-3-2-4-8(14)10(7)16/h2-4,6,17H,5H2,1H3,(H,18,19). The van der Waals surface area contributed by atoms with Gasteiger partial charge in [0.05, 0.1) is 12.1 Å². The Morgan fingerprint density at radius 2 is 2.20 bits per heavy atom. The summed E-state index contributed by atoms with van der Waals surface area (Å²) in [7, 11) is 1.25. The van der Waals surface area contributed by atoms with Crippen molar-refractivity contribution in [2.75, 3.05) is 7.11 Å². The zero-order chi connectivity index (χ0) is 14.7. The highest BCUT2D eigenvalue weighted by molar-refractivity contribution is 6.30. The number of carbonyl (C=O) groups excluding carboxylic acids is 1. The maximum absolute atomic E-state index is 13.6. The second-order valence-electron chi connectivity index (χ2n) is 3.94. The molecule has 0 radical (unpaired) electrons. The van der Waals surface area contributed by atoms with Gasteiger partial charge in [-0.1, -0.05) is 23.7 Å². The molecule has 0 spiro atoms. The van der Waals surface area contributed by atoms with Crippen molar-refractivity contribution in [3.8, 4) is 5.75 Å². The lowest BCUT2D eigenvalue weighted by molar-refractivity contribution is 0.0942. The third kappa shape index (κ3) is 2.75. The molecule has 0 atom stereocenters. The van der Waals surface area contributed by atoms with Gasteiger partial charge < -0.3 is 15.0 Å². The van der Waals surface area contributed by atoms with E-state index in [-0.39, 0.29) is 28.6 Å². The number of methoxy groups -OCH3 is 1. The van der Waals surface area contributed by atoms with Crippen molar-refractivity contribution in [3.63, 3.8) is 0 Å². The highest BCUT2D eigenvalue weighted by Crippen LogP contribution is 2.22. The van der Waals surface area contributed by atoms with E-state index in [1.807, 2.05) is 0 Å². The fraction of sp³-hybridized carbons (Fsp3) is 0.154. The number of hydrogen-bond acceptors (Lipinski definition) is 2. The number of hydrogen-bond donors (Lipinski definition) is 2. The van der Waals surface area contributed by atoms with Gasteiger partial charge in [0, 0.05) is 18.3 Å². The van der Waals surface area contributed by atoms with Crippen LogP contribution in [0, 0.1) is 11.6 Å². The molecular formula is C13H11ClF2N2O2. The molecule has 1 aromatic carbocycles. The van der Waals surface area contributed by atoms with Crippen molar-refractivity contribution in [1.29, 1.82) is 0 Å². The summed E-state index contributed by atoms with van der Waals surface area (Å²) in [6, 6.07) is 4.47. The van der Waals surface area contributed by atoms with E-state index in [1.165, 1.54) is 19.2 Å². The minimum absolute atomic E-state index is 0.0275. The normalized spacial score (nSPS) is 10.4. The van der Waals surface area contributed by atoms with Crippen LogP contribution in [0.1, 0.15) is 16.1 Å². The number of carbonyl (C=O) groups is 1. The van der Waals surface area contributed by atoms with E-state index in [2.05, 4.69) is 10.3 Å². The molecule has 20 heavy (non-hydrogen) atoms. The van der Waals surface area contributed by atoms with E-state index in [1.54, 1.807) is 6.07 Å². The maximum Gasteiger partial charge on any atom is 0.271 e. The van der Waals surface area contributed by atoms with Crippen LogP contribution in [0.25, 0.3) is 0 Å². The Hall–Kier alpha value is -2.08. The molecule has 0 aliphatic heterocycles. The summed E-state index contributed by atoms with van der Waals surface area (Å²) in [5.41, 5.74) is 0.171. The van der Waals surface area contributed by atoms with E-state index in [0.717, 1.165) is 6.20 Å². The van der Waals surface area contributed by atoms with Crippen LogP contribution in [0.2, 0.25) is 5.02 Å². The lowest BCUT2D eigenvalue weighted by Gasteiger charge is -2.07. The summed E-state index contributed by atoms with van der Waals surface area (Å²) in [4.78, 5) is 14.3. The summed E-state index contributed by atoms with van der Waals surface area (Å²) >= 11 is 5.63. The number of amides is 1. The molecule has 2 rings (SSSR count). The van der Waals surface area contributed by atoms with Gasteiger partial charge in [-0.2, -0.15) is 0 Å². The Bertz CT molecular complexity index is 643. The minimum atomic E-state index is -0.674. The predicted molar refractivity (Wildman–Crippen MR) is 69.9 cm³/mol. The molecule has 1 heterocycles. The quantitative estimate of drug-likeness (QED) is 0.912. The molecule has 4 nitrogen and oxygen atoms in total. The lowest BCUT2D eigenvalue weighted by Crippen LogP contribution is -2.24. The monoisotopic (exact) mass is 300 g/mol. The van der Waals surface area contributed by atoms with E-state index in [9.17, 15) is 13.6 Å². The molecule has 0 fully saturated rings. The second kappa shape index (κ2) is 5.92. The van der Waals surface area contributed by atoms with Crippen LogP contribution >= 0.6 is 11.6 Å². The molecule has 2 aromatic rings. The van der Waals surface area contributed by atoms with Gasteiger partial charge in [-0.15, -0.1) is 0 Å². The van der Waals surface area contributed by atoms with Crippen LogP contribution in [0.4, 0.5) is 8.78 Å². The SMILES string of the molecule is COc1c(F)c[nH]c1C(=O)NCc1cccc(Cl)c1F. The van der Waals surface area contributed by atoms with Gasteiger partial charge in [0.15, 0.2) is 11.6 Å². The highest BCUT2D eigenvalue weighted by Gasteiger charge is 2.18. The summed E-state index contributed by atoms with van der Waals surface area (Å²) < 4.78 is 31.6. The second-order valence-corrected chi connectivity index (χ2v) is 4.35. The zero-order valence-electron chi connectivity index (χ0n) is 10.5. The fourth-order valence-corrected chi connectivity index (χ4v) is 1.90. The molecule has 106 valence electrons. The van der Waals surface area contributed by atoms with Gasteiger partial charge in [-0.25, -0.2) is 8.78 Å². The van der Waals surface area contributed by atoms with Crippen molar-refractivity contribution in [2.45, 2.75) is 6.54 Å². The van der Waals surface area contributed by atoms with Crippen LogP contribution in [0.5, 0.6) is 5.75 Å². The average molecular weight is 301 g/mol. The molecule has 1 aromatic heterocycles. The Kier molecular flexibility index (Phi) is 4.24. The summed E-state index contributed by atoms with van der Waals surface area (Å²) in [5, 5.41) is 2.43. The lowest BCUT2D eigenvalue weighted by atomic mass is 10.2. The summed E-state index contributed by atoms with van der Waals surface area (Å²) in [6.45, 7) is -0.0744. The molecule has 0 unspecified atom stereocenters. The van der Waals surface area contributed by atoms with Crippen LogP contribution in [0.3, 0.4) is 0 Å². The summed E-state index contributed by atoms with van der Waals surface area (Å²) in [6.07, 6.45) is 1.01. The minimum Gasteiger partial charge on any atom is -0.491 e. The first-order chi connectivity index (χ1) is 9.54. The maximum atomic E-state index is 13.6. The Morgan fingerprint density at radius 1 is 1.45 bits per heavy atom. The molecule has 2 N–H and O–H groups in total. The van der Waals surface area contributed by atoms with Crippen LogP contribution in [-0.4, -0.2) is 18.0 Å². The Balaban J connectivity index is 2.11. The first kappa shape index (κ1) is 14.3. The smallest absolute Gasteiger partial charge is 0.271 e. The molecule has 0 saturated carbocycles. The molecule has 0 aliphatic carbocycles. The fourth-order valence-electron chi connectivity index (χ4n) is 1.70. The first-order valence-electron chi connectivity index (χ1n) is 5.66. The summed E-state index contributed by atoms with van der Waals surface area (Å²) in [5.74, 6) is -2.06. The van der Waals surface area contributed by atoms with Crippen molar-refractivity contribution in [2.24, 2.45) is 0 Å². The number of benzene rings is 1. The van der Waals surface area contributed by atoms with Crippen LogP contribution in [0.15, 0.2) is 24.4 Å². The number of aromatic nitrogens is 1. The highest BCUT2D eigenvalue weighted by atomic mass is 35.5. The van der Waals surface area contributed by atoms with Gasteiger partial charge >= 0.3 is 0 Å². The third-order valence-corrected chi connectivity index (χ3v) is 2.98. The molecule has 0 aliphatic rings. The van der Waals surface area contributed by atoms with Gasteiger partial charge in [-0.05, 0) is 6.07 Å². The van der Waals surface area contributed by atoms with Crippen molar-refractivity contribution >= 4 is 17.5 Å². The Labute approximate surface area is 118 Å². The van der Waals surface area contributed by atoms with Gasteiger partial charge in [-0.3, -0.25) is 4.79 Å². The average Bonchev–Trinajstić information content (AvgIpc) is 2.81. The van der Waals surface area contributed by atoms with Crippen molar-refractivity contribution < 1.29 is 18.3 Å². The number of rotatable bonds is 4. The molecule has 7 heteroatoms. The van der Waals surface area contributed by atoms with Gasteiger partial charge in [0.2, 0.25) is 0 Å². The molecule has 0 saturated heterocycles. The van der Waals surface area contributed by atoms with E-state index >= 15 is 0 Å². The largest absolute Gasteiger partial charge is 0.491 e. The third-order valence-electron chi connectivity index (χ3n) is 2.69. The van der Waals surface area contributed by atoms with E-state index < -0.39 is 17.5 Å². The van der Waals surface area contributed by atoms with Gasteiger partial charge in [0.25, 0.3) is 5.91 Å². The number of aromatic amines is 1. The number of H-pyrrole nitrogens is 1. The van der Waals surface area contributed by atoms with E-state index in [0.29, 0.717) is 0 Å². The number of nitrogens with one attached hydrogen (secondary N) is 2. The van der Waals surface area contributed by atoms with Crippen molar-refractivity contribution in [1.82, 2.24) is 10.3 Å². The van der Waals surface area contributed by atoms with Crippen molar-refractivity contribution in [3.05, 3.63) is 52.3 Å². The Morgan fingerprint density at radius 3 is 2.90 bits per heavy atom.